The van der Waals surface area contributed by atoms with Gasteiger partial charge < -0.3 is 14.3 Å². The van der Waals surface area contributed by atoms with Crippen LogP contribution in [0.3, 0.4) is 0 Å². The number of ketones is 1. The summed E-state index contributed by atoms with van der Waals surface area (Å²) in [4.78, 5) is 26.0. The number of aryl methyl sites for hydroxylation is 1. The van der Waals surface area contributed by atoms with Crippen LogP contribution >= 0.6 is 0 Å². The van der Waals surface area contributed by atoms with Crippen molar-refractivity contribution >= 4 is 11.8 Å². The fraction of sp³-hybridized carbons (Fsp3) is 0.600. The molecule has 0 spiro atoms. The summed E-state index contributed by atoms with van der Waals surface area (Å²) in [6.45, 7) is 7.37. The van der Waals surface area contributed by atoms with Crippen LogP contribution in [0.5, 0.6) is 0 Å². The van der Waals surface area contributed by atoms with E-state index in [2.05, 4.69) is 6.92 Å². The summed E-state index contributed by atoms with van der Waals surface area (Å²) >= 11 is 0. The molecule has 1 aromatic rings. The maximum Gasteiger partial charge on any atom is 0.337 e. The number of furan rings is 1. The van der Waals surface area contributed by atoms with E-state index in [-0.39, 0.29) is 17.3 Å². The number of carbonyl (C=O) groups is 2. The molecule has 136 valence electrons. The van der Waals surface area contributed by atoms with E-state index in [0.29, 0.717) is 18.6 Å². The van der Waals surface area contributed by atoms with Crippen molar-refractivity contribution in [2.45, 2.75) is 59.0 Å². The molecule has 0 saturated heterocycles. The quantitative estimate of drug-likeness (QED) is 0.671. The molecule has 3 atom stereocenters. The molecule has 0 amide bonds. The third kappa shape index (κ3) is 2.40. The molecule has 0 radical (unpaired) electrons. The summed E-state index contributed by atoms with van der Waals surface area (Å²) in [7, 11) is 0. The van der Waals surface area contributed by atoms with Crippen molar-refractivity contribution in [2.24, 2.45) is 11.3 Å². The highest BCUT2D eigenvalue weighted by atomic mass is 16.6. The molecule has 1 N–H and O–H groups in total. The van der Waals surface area contributed by atoms with Crippen LogP contribution in [0.15, 0.2) is 22.3 Å². The van der Waals surface area contributed by atoms with E-state index < -0.39 is 23.6 Å². The van der Waals surface area contributed by atoms with Crippen LogP contribution in [0.4, 0.5) is 0 Å². The predicted octanol–water partition coefficient (Wildman–Crippen LogP) is 3.37. The smallest absolute Gasteiger partial charge is 0.337 e. The summed E-state index contributed by atoms with van der Waals surface area (Å²) in [6, 6.07) is 0. The van der Waals surface area contributed by atoms with Gasteiger partial charge >= 0.3 is 5.97 Å². The van der Waals surface area contributed by atoms with Gasteiger partial charge in [-0.1, -0.05) is 19.9 Å². The molecule has 1 heterocycles. The topological polar surface area (TPSA) is 76.7 Å². The number of carbonyl (C=O) groups excluding carboxylic acids is 2. The zero-order valence-corrected chi connectivity index (χ0v) is 15.3. The van der Waals surface area contributed by atoms with Crippen LogP contribution in [0.2, 0.25) is 0 Å². The Morgan fingerprint density at radius 2 is 2.24 bits per heavy atom. The van der Waals surface area contributed by atoms with Crippen molar-refractivity contribution in [3.63, 3.8) is 0 Å². The van der Waals surface area contributed by atoms with Gasteiger partial charge in [-0.05, 0) is 51.0 Å². The normalized spacial score (nSPS) is 32.1. The molecule has 25 heavy (non-hydrogen) atoms. The first-order valence-electron chi connectivity index (χ1n) is 8.92. The van der Waals surface area contributed by atoms with Gasteiger partial charge in [0.25, 0.3) is 0 Å². The van der Waals surface area contributed by atoms with Crippen LogP contribution in [-0.2, 0) is 16.0 Å². The number of hydrogen-bond acceptors (Lipinski definition) is 5. The third-order valence-electron chi connectivity index (χ3n) is 6.44. The fourth-order valence-corrected chi connectivity index (χ4v) is 4.49. The maximum atomic E-state index is 13.4. The number of ether oxygens (including phenoxy) is 1. The van der Waals surface area contributed by atoms with Gasteiger partial charge in [0.15, 0.2) is 11.4 Å². The zero-order valence-electron chi connectivity index (χ0n) is 15.3. The van der Waals surface area contributed by atoms with E-state index in [0.717, 1.165) is 24.0 Å². The molecule has 1 aromatic heterocycles. The molecule has 3 rings (SSSR count). The second-order valence-electron chi connectivity index (χ2n) is 7.63. The molecule has 0 unspecified atom stereocenters. The molecule has 0 aromatic carbocycles. The van der Waals surface area contributed by atoms with Crippen LogP contribution in [0.1, 0.15) is 61.7 Å². The number of aliphatic hydroxyl groups is 1. The molecule has 1 saturated carbocycles. The van der Waals surface area contributed by atoms with E-state index in [1.807, 2.05) is 13.8 Å². The average Bonchev–Trinajstić information content (AvgIpc) is 2.93. The van der Waals surface area contributed by atoms with E-state index in [1.54, 1.807) is 13.2 Å². The highest BCUT2D eigenvalue weighted by Crippen LogP contribution is 2.56. The van der Waals surface area contributed by atoms with Gasteiger partial charge in [0, 0.05) is 11.0 Å². The van der Waals surface area contributed by atoms with Crippen LogP contribution in [0, 0.1) is 18.3 Å². The minimum atomic E-state index is -1.23. The number of Topliss-reactive ketones (excluding diaryl/α,β-unsaturated/α-hetero) is 1. The first-order chi connectivity index (χ1) is 11.8. The summed E-state index contributed by atoms with van der Waals surface area (Å²) in [6.07, 6.45) is 6.07. The first kappa shape index (κ1) is 17.9. The number of rotatable bonds is 3. The lowest BCUT2D eigenvalue weighted by Gasteiger charge is -2.55. The van der Waals surface area contributed by atoms with E-state index in [4.69, 9.17) is 9.15 Å². The highest BCUT2D eigenvalue weighted by Gasteiger charge is 2.64. The van der Waals surface area contributed by atoms with Gasteiger partial charge in [-0.15, -0.1) is 0 Å². The molecule has 0 aliphatic heterocycles. The highest BCUT2D eigenvalue weighted by molar-refractivity contribution is 6.05. The Labute approximate surface area is 148 Å². The third-order valence-corrected chi connectivity index (χ3v) is 6.44. The molecular weight excluding hydrogens is 320 g/mol. The van der Waals surface area contributed by atoms with Gasteiger partial charge in [0.1, 0.15) is 0 Å². The van der Waals surface area contributed by atoms with Gasteiger partial charge in [0.05, 0.1) is 18.4 Å². The fourth-order valence-electron chi connectivity index (χ4n) is 4.49. The predicted molar refractivity (Wildman–Crippen MR) is 92.3 cm³/mol. The number of esters is 1. The van der Waals surface area contributed by atoms with Crippen molar-refractivity contribution in [3.8, 4) is 0 Å². The molecule has 2 aliphatic carbocycles. The van der Waals surface area contributed by atoms with Gasteiger partial charge in [-0.2, -0.15) is 0 Å². The second kappa shape index (κ2) is 6.13. The number of allylic oxidation sites excluding steroid dienone is 1. The van der Waals surface area contributed by atoms with E-state index >= 15 is 0 Å². The Balaban J connectivity index is 2.12. The Kier molecular flexibility index (Phi) is 4.40. The standard InChI is InChI=1S/C20H26O5/c1-5-14(10-21)18(23)25-20-8-6-7-13(3)19(20,4)9-15-12(2)11-24-16(15)17(20)22/h5,11,13,21H,6-10H2,1-4H3/b14-5+/t13-,19+,20-/m0/s1. The maximum absolute atomic E-state index is 13.4. The Morgan fingerprint density at radius 1 is 1.52 bits per heavy atom. The molecule has 1 fully saturated rings. The lowest BCUT2D eigenvalue weighted by Crippen LogP contribution is -2.63. The van der Waals surface area contributed by atoms with Gasteiger partial charge in [0.2, 0.25) is 5.78 Å². The van der Waals surface area contributed by atoms with Crippen LogP contribution in [-0.4, -0.2) is 29.1 Å². The average molecular weight is 346 g/mol. The molecule has 0 bridgehead atoms. The number of aliphatic hydroxyl groups excluding tert-OH is 1. The monoisotopic (exact) mass is 346 g/mol. The SMILES string of the molecule is C/C=C(\CO)C(=O)O[C@]12CCC[C@H](C)[C@@]1(C)Cc1c(C)coc1C2=O. The van der Waals surface area contributed by atoms with Crippen LogP contribution in [0.25, 0.3) is 0 Å². The summed E-state index contributed by atoms with van der Waals surface area (Å²) in [5.41, 5.74) is 0.341. The molecule has 2 aliphatic rings. The Hall–Kier alpha value is -1.88. The zero-order chi connectivity index (χ0) is 18.4. The van der Waals surface area contributed by atoms with E-state index in [9.17, 15) is 14.7 Å². The van der Waals surface area contributed by atoms with Crippen molar-refractivity contribution in [1.29, 1.82) is 0 Å². The Morgan fingerprint density at radius 3 is 2.88 bits per heavy atom. The van der Waals surface area contributed by atoms with Gasteiger partial charge in [-0.3, -0.25) is 4.79 Å². The lowest BCUT2D eigenvalue weighted by molar-refractivity contribution is -0.176. The van der Waals surface area contributed by atoms with Crippen molar-refractivity contribution in [2.75, 3.05) is 6.61 Å². The number of hydrogen-bond donors (Lipinski definition) is 1. The largest absolute Gasteiger partial charge is 0.460 e. The molecular formula is C20H26O5. The second-order valence-corrected chi connectivity index (χ2v) is 7.63. The van der Waals surface area contributed by atoms with E-state index in [1.165, 1.54) is 6.08 Å². The van der Waals surface area contributed by atoms with Crippen molar-refractivity contribution < 1.29 is 23.8 Å². The number of fused-ring (bicyclic) bond motifs is 2. The molecule has 5 nitrogen and oxygen atoms in total. The van der Waals surface area contributed by atoms with Crippen molar-refractivity contribution in [1.82, 2.24) is 0 Å². The minimum Gasteiger partial charge on any atom is -0.460 e. The summed E-state index contributed by atoms with van der Waals surface area (Å²) < 4.78 is 11.4. The van der Waals surface area contributed by atoms with Crippen molar-refractivity contribution in [3.05, 3.63) is 34.8 Å². The molecule has 5 heteroatoms. The van der Waals surface area contributed by atoms with Crippen LogP contribution < -0.4 is 0 Å². The summed E-state index contributed by atoms with van der Waals surface area (Å²) in [5, 5.41) is 9.39. The Bertz CT molecular complexity index is 743. The minimum absolute atomic E-state index is 0.171. The first-order valence-corrected chi connectivity index (χ1v) is 8.92. The lowest BCUT2D eigenvalue weighted by atomic mass is 9.52. The summed E-state index contributed by atoms with van der Waals surface area (Å²) in [5.74, 6) is -0.311. The van der Waals surface area contributed by atoms with Gasteiger partial charge in [-0.25, -0.2) is 4.79 Å².